The van der Waals surface area contributed by atoms with Gasteiger partial charge in [0, 0.05) is 23.3 Å². The van der Waals surface area contributed by atoms with Crippen molar-refractivity contribution in [3.63, 3.8) is 0 Å². The standard InChI is InChI=1S/C14H17N3S/c1-3-11(8-15-5-1)7-13-10-18-14(17-13)12-4-2-6-16-9-12/h2,4,6,9-11,15H,1,3,5,7-8H2. The molecule has 0 aliphatic carbocycles. The smallest absolute Gasteiger partial charge is 0.125 e. The Bertz CT molecular complexity index is 489. The van der Waals surface area contributed by atoms with Gasteiger partial charge in [-0.1, -0.05) is 0 Å². The van der Waals surface area contributed by atoms with E-state index in [0.717, 1.165) is 29.5 Å². The molecule has 1 fully saturated rings. The highest BCUT2D eigenvalue weighted by molar-refractivity contribution is 7.13. The first kappa shape index (κ1) is 11.8. The molecule has 2 aromatic rings. The Morgan fingerprint density at radius 3 is 3.22 bits per heavy atom. The fourth-order valence-corrected chi connectivity index (χ4v) is 3.24. The van der Waals surface area contributed by atoms with Gasteiger partial charge in [-0.25, -0.2) is 4.98 Å². The monoisotopic (exact) mass is 259 g/mol. The fourth-order valence-electron chi connectivity index (χ4n) is 2.42. The molecule has 4 heteroatoms. The van der Waals surface area contributed by atoms with E-state index in [1.54, 1.807) is 17.5 Å². The molecule has 18 heavy (non-hydrogen) atoms. The van der Waals surface area contributed by atoms with Crippen LogP contribution in [-0.4, -0.2) is 23.1 Å². The maximum Gasteiger partial charge on any atom is 0.125 e. The molecule has 3 heterocycles. The number of nitrogens with zero attached hydrogens (tertiary/aromatic N) is 2. The molecule has 3 nitrogen and oxygen atoms in total. The third kappa shape index (κ3) is 2.76. The predicted molar refractivity (Wildman–Crippen MR) is 74.6 cm³/mol. The van der Waals surface area contributed by atoms with Gasteiger partial charge in [0.05, 0.1) is 5.69 Å². The van der Waals surface area contributed by atoms with Crippen LogP contribution in [0.5, 0.6) is 0 Å². The van der Waals surface area contributed by atoms with E-state index in [9.17, 15) is 0 Å². The highest BCUT2D eigenvalue weighted by Gasteiger charge is 2.15. The van der Waals surface area contributed by atoms with Gasteiger partial charge in [0.2, 0.25) is 0 Å². The Hall–Kier alpha value is -1.26. The molecule has 1 unspecified atom stereocenters. The molecule has 94 valence electrons. The van der Waals surface area contributed by atoms with Crippen LogP contribution in [0.1, 0.15) is 18.5 Å². The Labute approximate surface area is 111 Å². The number of aromatic nitrogens is 2. The van der Waals surface area contributed by atoms with Crippen LogP contribution in [0.4, 0.5) is 0 Å². The first-order valence-electron chi connectivity index (χ1n) is 6.47. The molecular weight excluding hydrogens is 242 g/mol. The molecule has 0 radical (unpaired) electrons. The maximum atomic E-state index is 4.73. The van der Waals surface area contributed by atoms with Gasteiger partial charge in [0.15, 0.2) is 0 Å². The molecule has 1 N–H and O–H groups in total. The fraction of sp³-hybridized carbons (Fsp3) is 0.429. The number of pyridine rings is 1. The molecule has 2 aromatic heterocycles. The lowest BCUT2D eigenvalue weighted by Gasteiger charge is -2.21. The molecule has 1 aliphatic heterocycles. The highest BCUT2D eigenvalue weighted by atomic mass is 32.1. The zero-order valence-electron chi connectivity index (χ0n) is 10.3. The molecule has 0 aromatic carbocycles. The summed E-state index contributed by atoms with van der Waals surface area (Å²) in [5.74, 6) is 0.752. The van der Waals surface area contributed by atoms with Crippen molar-refractivity contribution >= 4 is 11.3 Å². The van der Waals surface area contributed by atoms with Crippen molar-refractivity contribution in [2.24, 2.45) is 5.92 Å². The molecule has 0 amide bonds. The Kier molecular flexibility index (Phi) is 3.67. The predicted octanol–water partition coefficient (Wildman–Crippen LogP) is 2.75. The van der Waals surface area contributed by atoms with Crippen LogP contribution in [0.3, 0.4) is 0 Å². The summed E-state index contributed by atoms with van der Waals surface area (Å²) in [6, 6.07) is 4.03. The van der Waals surface area contributed by atoms with Crippen molar-refractivity contribution in [3.05, 3.63) is 35.6 Å². The van der Waals surface area contributed by atoms with Gasteiger partial charge in [-0.2, -0.15) is 0 Å². The van der Waals surface area contributed by atoms with Gasteiger partial charge in [-0.05, 0) is 50.4 Å². The summed E-state index contributed by atoms with van der Waals surface area (Å²) in [6.07, 6.45) is 7.40. The van der Waals surface area contributed by atoms with Crippen molar-refractivity contribution in [2.45, 2.75) is 19.3 Å². The minimum absolute atomic E-state index is 0.752. The summed E-state index contributed by atoms with van der Waals surface area (Å²) >= 11 is 1.72. The topological polar surface area (TPSA) is 37.8 Å². The van der Waals surface area contributed by atoms with E-state index >= 15 is 0 Å². The molecule has 0 bridgehead atoms. The maximum absolute atomic E-state index is 4.73. The van der Waals surface area contributed by atoms with Crippen LogP contribution < -0.4 is 5.32 Å². The van der Waals surface area contributed by atoms with Crippen molar-refractivity contribution in [1.29, 1.82) is 0 Å². The molecule has 0 spiro atoms. The summed E-state index contributed by atoms with van der Waals surface area (Å²) in [5, 5.41) is 6.74. The van der Waals surface area contributed by atoms with Gasteiger partial charge >= 0.3 is 0 Å². The second-order valence-corrected chi connectivity index (χ2v) is 5.66. The van der Waals surface area contributed by atoms with Crippen LogP contribution in [0.25, 0.3) is 10.6 Å². The summed E-state index contributed by atoms with van der Waals surface area (Å²) in [7, 11) is 0. The van der Waals surface area contributed by atoms with Gasteiger partial charge in [-0.15, -0.1) is 11.3 Å². The quantitative estimate of drug-likeness (QED) is 0.921. The first-order valence-corrected chi connectivity index (χ1v) is 7.35. The number of rotatable bonds is 3. The van der Waals surface area contributed by atoms with E-state index in [-0.39, 0.29) is 0 Å². The highest BCUT2D eigenvalue weighted by Crippen LogP contribution is 2.25. The number of piperidine rings is 1. The van der Waals surface area contributed by atoms with E-state index in [2.05, 4.69) is 21.7 Å². The lowest BCUT2D eigenvalue weighted by molar-refractivity contribution is 0.374. The molecule has 3 rings (SSSR count). The van der Waals surface area contributed by atoms with Crippen molar-refractivity contribution in [2.75, 3.05) is 13.1 Å². The molecule has 1 aliphatic rings. The van der Waals surface area contributed by atoms with E-state index in [1.165, 1.54) is 25.1 Å². The van der Waals surface area contributed by atoms with Crippen LogP contribution in [0.15, 0.2) is 29.9 Å². The lowest BCUT2D eigenvalue weighted by Crippen LogP contribution is -2.30. The normalized spacial score (nSPS) is 19.9. The van der Waals surface area contributed by atoms with Gasteiger partial charge in [-0.3, -0.25) is 4.98 Å². The van der Waals surface area contributed by atoms with E-state index in [1.807, 2.05) is 12.3 Å². The minimum atomic E-state index is 0.752. The summed E-state index contributed by atoms with van der Waals surface area (Å²) in [5.41, 5.74) is 2.35. The van der Waals surface area contributed by atoms with Gasteiger partial charge in [0.25, 0.3) is 0 Å². The number of hydrogen-bond donors (Lipinski definition) is 1. The third-order valence-corrected chi connectivity index (χ3v) is 4.30. The van der Waals surface area contributed by atoms with Crippen molar-refractivity contribution in [1.82, 2.24) is 15.3 Å². The van der Waals surface area contributed by atoms with Crippen LogP contribution in [0, 0.1) is 5.92 Å². The average molecular weight is 259 g/mol. The molecule has 1 saturated heterocycles. The SMILES string of the molecule is c1cncc(-c2nc(CC3CCCNC3)cs2)c1. The zero-order valence-corrected chi connectivity index (χ0v) is 11.1. The summed E-state index contributed by atoms with van der Waals surface area (Å²) in [6.45, 7) is 2.31. The Morgan fingerprint density at radius 2 is 2.44 bits per heavy atom. The summed E-state index contributed by atoms with van der Waals surface area (Å²) < 4.78 is 0. The van der Waals surface area contributed by atoms with Crippen molar-refractivity contribution in [3.8, 4) is 10.6 Å². The second kappa shape index (κ2) is 5.59. The lowest BCUT2D eigenvalue weighted by atomic mass is 9.95. The molecule has 0 saturated carbocycles. The number of nitrogens with one attached hydrogen (secondary N) is 1. The molecule has 1 atom stereocenters. The van der Waals surface area contributed by atoms with Crippen molar-refractivity contribution < 1.29 is 0 Å². The Morgan fingerprint density at radius 1 is 1.44 bits per heavy atom. The largest absolute Gasteiger partial charge is 0.316 e. The number of hydrogen-bond acceptors (Lipinski definition) is 4. The second-order valence-electron chi connectivity index (χ2n) is 4.80. The molecular formula is C14H17N3S. The van der Waals surface area contributed by atoms with E-state index in [4.69, 9.17) is 4.98 Å². The van der Waals surface area contributed by atoms with E-state index in [0.29, 0.717) is 0 Å². The first-order chi connectivity index (χ1) is 8.92. The average Bonchev–Trinajstić information content (AvgIpc) is 2.89. The van der Waals surface area contributed by atoms with Gasteiger partial charge < -0.3 is 5.32 Å². The van der Waals surface area contributed by atoms with Gasteiger partial charge in [0.1, 0.15) is 5.01 Å². The Balaban J connectivity index is 1.69. The number of thiazole rings is 1. The third-order valence-electron chi connectivity index (χ3n) is 3.36. The van der Waals surface area contributed by atoms with E-state index < -0.39 is 0 Å². The summed E-state index contributed by atoms with van der Waals surface area (Å²) in [4.78, 5) is 8.87. The zero-order chi connectivity index (χ0) is 12.2. The van der Waals surface area contributed by atoms with Crippen LogP contribution >= 0.6 is 11.3 Å². The van der Waals surface area contributed by atoms with Crippen LogP contribution in [-0.2, 0) is 6.42 Å². The minimum Gasteiger partial charge on any atom is -0.316 e. The van der Waals surface area contributed by atoms with Crippen LogP contribution in [0.2, 0.25) is 0 Å².